The molecule has 108 valence electrons. The molecule has 2 aromatic heterocycles. The molecule has 0 radical (unpaired) electrons. The lowest BCUT2D eigenvalue weighted by molar-refractivity contribution is -0.111. The number of hydrogen-bond acceptors (Lipinski definition) is 4. The standard InChI is InChI=1S/C16H16N2O2S/c1-4-13-11(3)21-16(14(13)9-17)18-15(19)8-7-12-6-5-10(2)20-12/h5-8H,4H2,1-3H3,(H,18,19). The van der Waals surface area contributed by atoms with E-state index in [-0.39, 0.29) is 5.91 Å². The summed E-state index contributed by atoms with van der Waals surface area (Å²) in [5.74, 6) is 1.15. The molecular weight excluding hydrogens is 284 g/mol. The lowest BCUT2D eigenvalue weighted by atomic mass is 10.1. The van der Waals surface area contributed by atoms with Crippen LogP contribution in [0.1, 0.15) is 34.4 Å². The van der Waals surface area contributed by atoms with E-state index in [2.05, 4.69) is 11.4 Å². The van der Waals surface area contributed by atoms with E-state index >= 15 is 0 Å². The Labute approximate surface area is 127 Å². The van der Waals surface area contributed by atoms with Crippen LogP contribution in [0, 0.1) is 25.2 Å². The van der Waals surface area contributed by atoms with Crippen molar-refractivity contribution in [3.63, 3.8) is 0 Å². The Kier molecular flexibility index (Phi) is 4.61. The van der Waals surface area contributed by atoms with Crippen LogP contribution >= 0.6 is 11.3 Å². The van der Waals surface area contributed by atoms with Crippen molar-refractivity contribution in [2.75, 3.05) is 5.32 Å². The number of nitrogens with one attached hydrogen (secondary N) is 1. The average Bonchev–Trinajstić information content (AvgIpc) is 2.99. The zero-order chi connectivity index (χ0) is 15.4. The first-order chi connectivity index (χ1) is 10.0. The van der Waals surface area contributed by atoms with Gasteiger partial charge in [-0.25, -0.2) is 0 Å². The normalized spacial score (nSPS) is 10.8. The van der Waals surface area contributed by atoms with Crippen LogP contribution in [-0.4, -0.2) is 5.91 Å². The summed E-state index contributed by atoms with van der Waals surface area (Å²) in [6, 6.07) is 5.80. The first kappa shape index (κ1) is 15.1. The molecule has 1 N–H and O–H groups in total. The molecule has 2 heterocycles. The fourth-order valence-corrected chi connectivity index (χ4v) is 3.16. The van der Waals surface area contributed by atoms with E-state index < -0.39 is 0 Å². The maximum absolute atomic E-state index is 11.9. The molecule has 2 rings (SSSR count). The average molecular weight is 300 g/mol. The largest absolute Gasteiger partial charge is 0.462 e. The van der Waals surface area contributed by atoms with Crippen LogP contribution in [0.5, 0.6) is 0 Å². The van der Waals surface area contributed by atoms with E-state index in [1.807, 2.05) is 26.8 Å². The summed E-state index contributed by atoms with van der Waals surface area (Å²) in [6.45, 7) is 5.80. The summed E-state index contributed by atoms with van der Waals surface area (Å²) >= 11 is 1.43. The van der Waals surface area contributed by atoms with Crippen molar-refractivity contribution in [1.82, 2.24) is 0 Å². The minimum atomic E-state index is -0.274. The highest BCUT2D eigenvalue weighted by molar-refractivity contribution is 7.16. The van der Waals surface area contributed by atoms with Gasteiger partial charge in [0.2, 0.25) is 5.91 Å². The number of rotatable bonds is 4. The Hall–Kier alpha value is -2.32. The molecule has 0 bridgehead atoms. The Morgan fingerprint density at radius 2 is 2.24 bits per heavy atom. The predicted octanol–water partition coefficient (Wildman–Crippen LogP) is 4.04. The lowest BCUT2D eigenvalue weighted by Crippen LogP contribution is -2.07. The molecule has 0 unspecified atom stereocenters. The SMILES string of the molecule is CCc1c(C)sc(NC(=O)C=Cc2ccc(C)o2)c1C#N. The molecule has 2 aromatic rings. The smallest absolute Gasteiger partial charge is 0.249 e. The van der Waals surface area contributed by atoms with Crippen molar-refractivity contribution in [2.45, 2.75) is 27.2 Å². The highest BCUT2D eigenvalue weighted by Gasteiger charge is 2.15. The Morgan fingerprint density at radius 1 is 1.48 bits per heavy atom. The van der Waals surface area contributed by atoms with E-state index in [0.717, 1.165) is 22.6 Å². The number of furan rings is 1. The number of anilines is 1. The summed E-state index contributed by atoms with van der Waals surface area (Å²) in [4.78, 5) is 13.0. The molecule has 0 saturated heterocycles. The molecule has 0 atom stereocenters. The molecular formula is C16H16N2O2S. The van der Waals surface area contributed by atoms with Gasteiger partial charge in [-0.2, -0.15) is 5.26 Å². The van der Waals surface area contributed by atoms with Crippen molar-refractivity contribution >= 4 is 28.3 Å². The van der Waals surface area contributed by atoms with Crippen LogP contribution in [0.4, 0.5) is 5.00 Å². The summed E-state index contributed by atoms with van der Waals surface area (Å²) < 4.78 is 5.35. The maximum atomic E-state index is 11.9. The fourth-order valence-electron chi connectivity index (χ4n) is 2.07. The highest BCUT2D eigenvalue weighted by Crippen LogP contribution is 2.32. The van der Waals surface area contributed by atoms with E-state index in [1.54, 1.807) is 12.1 Å². The van der Waals surface area contributed by atoms with Gasteiger partial charge in [-0.1, -0.05) is 6.92 Å². The van der Waals surface area contributed by atoms with Gasteiger partial charge in [0.1, 0.15) is 22.6 Å². The van der Waals surface area contributed by atoms with E-state index in [4.69, 9.17) is 4.42 Å². The Bertz CT molecular complexity index is 732. The molecule has 4 nitrogen and oxygen atoms in total. The van der Waals surface area contributed by atoms with Gasteiger partial charge in [-0.3, -0.25) is 4.79 Å². The van der Waals surface area contributed by atoms with Gasteiger partial charge < -0.3 is 9.73 Å². The van der Waals surface area contributed by atoms with Crippen LogP contribution in [0.2, 0.25) is 0 Å². The zero-order valence-electron chi connectivity index (χ0n) is 12.2. The number of nitrogens with zero attached hydrogens (tertiary/aromatic N) is 1. The number of carbonyl (C=O) groups excluding carboxylic acids is 1. The first-order valence-electron chi connectivity index (χ1n) is 6.63. The number of aryl methyl sites for hydroxylation is 2. The minimum absolute atomic E-state index is 0.274. The predicted molar refractivity (Wildman–Crippen MR) is 84.3 cm³/mol. The molecule has 0 aliphatic rings. The second kappa shape index (κ2) is 6.42. The molecule has 0 aromatic carbocycles. The van der Waals surface area contributed by atoms with Crippen molar-refractivity contribution in [3.05, 3.63) is 45.7 Å². The third-order valence-corrected chi connectivity index (χ3v) is 4.13. The number of amides is 1. The maximum Gasteiger partial charge on any atom is 0.249 e. The quantitative estimate of drug-likeness (QED) is 0.866. The molecule has 21 heavy (non-hydrogen) atoms. The summed E-state index contributed by atoms with van der Waals surface area (Å²) in [5.41, 5.74) is 1.57. The van der Waals surface area contributed by atoms with Gasteiger partial charge in [0.15, 0.2) is 0 Å². The van der Waals surface area contributed by atoms with Crippen LogP contribution in [0.15, 0.2) is 22.6 Å². The van der Waals surface area contributed by atoms with Crippen molar-refractivity contribution in [1.29, 1.82) is 5.26 Å². The lowest BCUT2D eigenvalue weighted by Gasteiger charge is -1.99. The topological polar surface area (TPSA) is 66.0 Å². The molecule has 5 heteroatoms. The zero-order valence-corrected chi connectivity index (χ0v) is 13.0. The number of hydrogen-bond donors (Lipinski definition) is 1. The van der Waals surface area contributed by atoms with Gasteiger partial charge in [0, 0.05) is 11.0 Å². The minimum Gasteiger partial charge on any atom is -0.462 e. The van der Waals surface area contributed by atoms with E-state index in [1.165, 1.54) is 17.4 Å². The van der Waals surface area contributed by atoms with Crippen LogP contribution < -0.4 is 5.32 Å². The van der Waals surface area contributed by atoms with Gasteiger partial charge in [0.05, 0.1) is 5.56 Å². The van der Waals surface area contributed by atoms with Gasteiger partial charge >= 0.3 is 0 Å². The highest BCUT2D eigenvalue weighted by atomic mass is 32.1. The van der Waals surface area contributed by atoms with Crippen LogP contribution in [-0.2, 0) is 11.2 Å². The fraction of sp³-hybridized carbons (Fsp3) is 0.250. The molecule has 0 aliphatic heterocycles. The summed E-state index contributed by atoms with van der Waals surface area (Å²) in [5, 5.41) is 12.6. The third kappa shape index (κ3) is 3.41. The molecule has 0 aliphatic carbocycles. The molecule has 1 amide bonds. The van der Waals surface area contributed by atoms with E-state index in [0.29, 0.717) is 16.3 Å². The Morgan fingerprint density at radius 3 is 2.81 bits per heavy atom. The van der Waals surface area contributed by atoms with Crippen LogP contribution in [0.25, 0.3) is 6.08 Å². The third-order valence-electron chi connectivity index (χ3n) is 3.07. The monoisotopic (exact) mass is 300 g/mol. The second-order valence-electron chi connectivity index (χ2n) is 4.58. The van der Waals surface area contributed by atoms with Gasteiger partial charge in [0.25, 0.3) is 0 Å². The van der Waals surface area contributed by atoms with Gasteiger partial charge in [-0.05, 0) is 44.0 Å². The molecule has 0 fully saturated rings. The number of thiophene rings is 1. The second-order valence-corrected chi connectivity index (χ2v) is 5.80. The Balaban J connectivity index is 2.13. The number of nitriles is 1. The van der Waals surface area contributed by atoms with Crippen molar-refractivity contribution < 1.29 is 9.21 Å². The molecule has 0 spiro atoms. The van der Waals surface area contributed by atoms with Crippen molar-refractivity contribution in [3.8, 4) is 6.07 Å². The summed E-state index contributed by atoms with van der Waals surface area (Å²) in [7, 11) is 0. The van der Waals surface area contributed by atoms with E-state index in [9.17, 15) is 10.1 Å². The van der Waals surface area contributed by atoms with Crippen LogP contribution in [0.3, 0.4) is 0 Å². The summed E-state index contributed by atoms with van der Waals surface area (Å²) in [6.07, 6.45) is 3.79. The molecule has 0 saturated carbocycles. The number of carbonyl (C=O) groups is 1. The first-order valence-corrected chi connectivity index (χ1v) is 7.44. The van der Waals surface area contributed by atoms with Crippen molar-refractivity contribution in [2.24, 2.45) is 0 Å². The van der Waals surface area contributed by atoms with Gasteiger partial charge in [-0.15, -0.1) is 11.3 Å².